The molecular formula is C11H22N2O4. The molecule has 0 aliphatic carbocycles. The minimum Gasteiger partial charge on any atom is -0.369 e. The number of carbonyl (C=O) groups is 2. The number of ether oxygens (including phenoxy) is 2. The Balaban J connectivity index is 3.59. The van der Waals surface area contributed by atoms with Crippen LogP contribution in [0, 0.1) is 0 Å². The van der Waals surface area contributed by atoms with Crippen LogP contribution in [0.2, 0.25) is 0 Å². The molecule has 0 atom stereocenters. The molecule has 0 aromatic carbocycles. The smallest absolute Gasteiger partial charge is 0.229 e. The molecule has 0 rings (SSSR count). The molecule has 3 N–H and O–H groups in total. The number of nitrogens with two attached hydrogens (primary N) is 1. The van der Waals surface area contributed by atoms with Crippen LogP contribution in [0.25, 0.3) is 0 Å². The Bertz CT molecular complexity index is 228. The highest BCUT2D eigenvalue weighted by atomic mass is 16.7. The zero-order chi connectivity index (χ0) is 13.1. The molecule has 2 amide bonds. The Morgan fingerprint density at radius 2 is 1.82 bits per heavy atom. The Morgan fingerprint density at radius 1 is 1.24 bits per heavy atom. The molecule has 0 radical (unpaired) electrons. The number of hydrogen-bond donors (Lipinski definition) is 2. The van der Waals surface area contributed by atoms with Crippen LogP contribution in [0.3, 0.4) is 0 Å². The van der Waals surface area contributed by atoms with Crippen LogP contribution in [-0.4, -0.2) is 37.9 Å². The van der Waals surface area contributed by atoms with E-state index < -0.39 is 5.91 Å². The average molecular weight is 246 g/mol. The van der Waals surface area contributed by atoms with Gasteiger partial charge in [0.2, 0.25) is 11.8 Å². The van der Waals surface area contributed by atoms with E-state index in [2.05, 4.69) is 5.32 Å². The van der Waals surface area contributed by atoms with Crippen molar-refractivity contribution in [2.24, 2.45) is 5.73 Å². The first-order valence-electron chi connectivity index (χ1n) is 5.88. The van der Waals surface area contributed by atoms with Gasteiger partial charge in [-0.1, -0.05) is 0 Å². The SMILES string of the molecule is CCOC(CCCNC(=O)CC(N)=O)OCC. The summed E-state index contributed by atoms with van der Waals surface area (Å²) in [6, 6.07) is 0. The predicted octanol–water partition coefficient (Wildman–Crippen LogP) is 0.157. The Hall–Kier alpha value is -1.14. The van der Waals surface area contributed by atoms with E-state index in [0.29, 0.717) is 26.2 Å². The number of rotatable bonds is 10. The summed E-state index contributed by atoms with van der Waals surface area (Å²) in [7, 11) is 0. The third-order valence-electron chi connectivity index (χ3n) is 1.98. The largest absolute Gasteiger partial charge is 0.369 e. The van der Waals surface area contributed by atoms with Crippen LogP contribution in [0.1, 0.15) is 33.1 Å². The van der Waals surface area contributed by atoms with Gasteiger partial charge in [0.15, 0.2) is 6.29 Å². The van der Waals surface area contributed by atoms with Crippen LogP contribution in [-0.2, 0) is 19.1 Å². The van der Waals surface area contributed by atoms with Crippen LogP contribution in [0.15, 0.2) is 0 Å². The van der Waals surface area contributed by atoms with Crippen LogP contribution in [0.5, 0.6) is 0 Å². The van der Waals surface area contributed by atoms with Crippen molar-refractivity contribution in [2.75, 3.05) is 19.8 Å². The summed E-state index contributed by atoms with van der Waals surface area (Å²) in [5.74, 6) is -0.967. The van der Waals surface area contributed by atoms with E-state index in [1.807, 2.05) is 13.8 Å². The maximum atomic E-state index is 11.1. The van der Waals surface area contributed by atoms with Gasteiger partial charge in [0.1, 0.15) is 6.42 Å². The van der Waals surface area contributed by atoms with Gasteiger partial charge in [-0.25, -0.2) is 0 Å². The van der Waals surface area contributed by atoms with Crippen molar-refractivity contribution in [3.05, 3.63) is 0 Å². The average Bonchev–Trinajstić information content (AvgIpc) is 2.24. The third-order valence-corrected chi connectivity index (χ3v) is 1.98. The second-order valence-electron chi connectivity index (χ2n) is 3.48. The van der Waals surface area contributed by atoms with Gasteiger partial charge >= 0.3 is 0 Å². The fraction of sp³-hybridized carbons (Fsp3) is 0.818. The van der Waals surface area contributed by atoms with Crippen molar-refractivity contribution in [3.8, 4) is 0 Å². The summed E-state index contributed by atoms with van der Waals surface area (Å²) < 4.78 is 10.7. The van der Waals surface area contributed by atoms with Gasteiger partial charge in [0.25, 0.3) is 0 Å². The quantitative estimate of drug-likeness (QED) is 0.326. The Labute approximate surface area is 102 Å². The topological polar surface area (TPSA) is 90.6 Å². The van der Waals surface area contributed by atoms with E-state index in [1.54, 1.807) is 0 Å². The van der Waals surface area contributed by atoms with Crippen LogP contribution < -0.4 is 11.1 Å². The van der Waals surface area contributed by atoms with E-state index in [0.717, 1.165) is 6.42 Å². The zero-order valence-corrected chi connectivity index (χ0v) is 10.5. The molecule has 17 heavy (non-hydrogen) atoms. The van der Waals surface area contributed by atoms with Gasteiger partial charge in [0.05, 0.1) is 0 Å². The zero-order valence-electron chi connectivity index (χ0n) is 10.5. The molecule has 0 aromatic heterocycles. The molecule has 0 saturated carbocycles. The molecule has 0 aliphatic rings. The first-order valence-corrected chi connectivity index (χ1v) is 5.88. The van der Waals surface area contributed by atoms with E-state index in [1.165, 1.54) is 0 Å². The van der Waals surface area contributed by atoms with Gasteiger partial charge in [-0.3, -0.25) is 9.59 Å². The highest BCUT2D eigenvalue weighted by Crippen LogP contribution is 2.03. The van der Waals surface area contributed by atoms with Crippen LogP contribution in [0.4, 0.5) is 0 Å². The second-order valence-corrected chi connectivity index (χ2v) is 3.48. The monoisotopic (exact) mass is 246 g/mol. The summed E-state index contributed by atoms with van der Waals surface area (Å²) in [4.78, 5) is 21.5. The highest BCUT2D eigenvalue weighted by Gasteiger charge is 2.08. The van der Waals surface area contributed by atoms with Gasteiger partial charge in [-0.05, 0) is 20.3 Å². The normalized spacial score (nSPS) is 10.5. The standard InChI is InChI=1S/C11H22N2O4/c1-3-16-11(17-4-2)6-5-7-13-10(15)8-9(12)14/h11H,3-8H2,1-2H3,(H2,12,14)(H,13,15). The summed E-state index contributed by atoms with van der Waals surface area (Å²) in [6.45, 7) is 5.49. The van der Waals surface area contributed by atoms with E-state index >= 15 is 0 Å². The molecule has 0 saturated heterocycles. The Morgan fingerprint density at radius 3 is 2.29 bits per heavy atom. The number of nitrogens with one attached hydrogen (secondary N) is 1. The van der Waals surface area contributed by atoms with Gasteiger partial charge in [-0.15, -0.1) is 0 Å². The van der Waals surface area contributed by atoms with Crippen LogP contribution >= 0.6 is 0 Å². The third kappa shape index (κ3) is 9.77. The van der Waals surface area contributed by atoms with Crippen molar-refractivity contribution < 1.29 is 19.1 Å². The molecule has 0 fully saturated rings. The molecule has 0 spiro atoms. The predicted molar refractivity (Wildman–Crippen MR) is 63.1 cm³/mol. The lowest BCUT2D eigenvalue weighted by atomic mass is 10.3. The molecule has 0 heterocycles. The van der Waals surface area contributed by atoms with E-state index in [4.69, 9.17) is 15.2 Å². The van der Waals surface area contributed by atoms with E-state index in [9.17, 15) is 9.59 Å². The molecule has 6 nitrogen and oxygen atoms in total. The molecule has 100 valence electrons. The van der Waals surface area contributed by atoms with Crippen molar-refractivity contribution >= 4 is 11.8 Å². The summed E-state index contributed by atoms with van der Waals surface area (Å²) in [6.07, 6.45) is 0.951. The van der Waals surface area contributed by atoms with Crippen molar-refractivity contribution in [2.45, 2.75) is 39.4 Å². The number of hydrogen-bond acceptors (Lipinski definition) is 4. The minimum atomic E-state index is -0.621. The highest BCUT2D eigenvalue weighted by molar-refractivity contribution is 5.95. The van der Waals surface area contributed by atoms with Crippen molar-refractivity contribution in [1.82, 2.24) is 5.32 Å². The number of amides is 2. The van der Waals surface area contributed by atoms with Gasteiger partial charge < -0.3 is 20.5 Å². The number of primary amides is 1. The molecule has 0 unspecified atom stereocenters. The van der Waals surface area contributed by atoms with E-state index in [-0.39, 0.29) is 18.6 Å². The van der Waals surface area contributed by atoms with Gasteiger partial charge in [-0.2, -0.15) is 0 Å². The first kappa shape index (κ1) is 15.9. The fourth-order valence-electron chi connectivity index (χ4n) is 1.30. The summed E-state index contributed by atoms with van der Waals surface area (Å²) in [5.41, 5.74) is 4.89. The van der Waals surface area contributed by atoms with Crippen molar-refractivity contribution in [3.63, 3.8) is 0 Å². The summed E-state index contributed by atoms with van der Waals surface area (Å²) in [5, 5.41) is 2.60. The lowest BCUT2D eigenvalue weighted by Crippen LogP contribution is -2.30. The lowest BCUT2D eigenvalue weighted by Gasteiger charge is -2.16. The summed E-state index contributed by atoms with van der Waals surface area (Å²) >= 11 is 0. The fourth-order valence-corrected chi connectivity index (χ4v) is 1.30. The van der Waals surface area contributed by atoms with Crippen molar-refractivity contribution in [1.29, 1.82) is 0 Å². The molecule has 6 heteroatoms. The minimum absolute atomic E-state index is 0.224. The van der Waals surface area contributed by atoms with Gasteiger partial charge in [0, 0.05) is 26.2 Å². The lowest BCUT2D eigenvalue weighted by molar-refractivity contribution is -0.140. The second kappa shape index (κ2) is 10.0. The maximum Gasteiger partial charge on any atom is 0.229 e. The maximum absolute atomic E-state index is 11.1. The Kier molecular flexibility index (Phi) is 9.37. The first-order chi connectivity index (χ1) is 8.10. The molecule has 0 aromatic rings. The number of carbonyl (C=O) groups excluding carboxylic acids is 2. The molecule has 0 aliphatic heterocycles. The molecule has 0 bridgehead atoms. The molecular weight excluding hydrogens is 224 g/mol.